The average Bonchev–Trinajstić information content (AvgIpc) is 3.60. The SMILES string of the molecule is CN(C)C1CCCN(c2cc(F)c(S(=O)(=O)NC(=O)c3cc(C4CC4)c(OCC4CCCC4)cc3F)c(F)c2)C1. The van der Waals surface area contributed by atoms with Gasteiger partial charge in [-0.25, -0.2) is 26.3 Å². The van der Waals surface area contributed by atoms with Crippen molar-refractivity contribution in [2.45, 2.75) is 68.2 Å². The van der Waals surface area contributed by atoms with Crippen LogP contribution in [-0.2, 0) is 10.0 Å². The van der Waals surface area contributed by atoms with Crippen molar-refractivity contribution in [3.8, 4) is 5.75 Å². The summed E-state index contributed by atoms with van der Waals surface area (Å²) in [5.74, 6) is -4.05. The minimum atomic E-state index is -4.98. The third kappa shape index (κ3) is 6.25. The molecule has 11 heteroatoms. The van der Waals surface area contributed by atoms with Crippen molar-refractivity contribution < 1.29 is 31.1 Å². The number of anilines is 1. The molecule has 1 atom stereocenters. The predicted octanol–water partition coefficient (Wildman–Crippen LogP) is 5.20. The highest BCUT2D eigenvalue weighted by Gasteiger charge is 2.33. The van der Waals surface area contributed by atoms with Gasteiger partial charge in [-0.2, -0.15) is 0 Å². The van der Waals surface area contributed by atoms with E-state index in [1.54, 1.807) is 9.62 Å². The minimum absolute atomic E-state index is 0.0895. The molecule has 1 heterocycles. The number of sulfonamides is 1. The monoisotopic (exact) mass is 579 g/mol. The summed E-state index contributed by atoms with van der Waals surface area (Å²) < 4.78 is 78.8. The van der Waals surface area contributed by atoms with E-state index in [0.29, 0.717) is 36.9 Å². The number of benzene rings is 2. The first-order chi connectivity index (χ1) is 19.0. The van der Waals surface area contributed by atoms with Gasteiger partial charge in [-0.3, -0.25) is 4.79 Å². The molecule has 40 heavy (non-hydrogen) atoms. The average molecular weight is 580 g/mol. The number of amides is 1. The molecule has 2 saturated carbocycles. The molecule has 1 amide bonds. The summed E-state index contributed by atoms with van der Waals surface area (Å²) in [5.41, 5.74) is 0.348. The van der Waals surface area contributed by atoms with E-state index in [-0.39, 0.29) is 17.6 Å². The number of rotatable bonds is 9. The van der Waals surface area contributed by atoms with E-state index in [9.17, 15) is 13.2 Å². The van der Waals surface area contributed by atoms with Gasteiger partial charge in [0.15, 0.2) is 4.90 Å². The van der Waals surface area contributed by atoms with E-state index in [1.807, 2.05) is 19.0 Å². The van der Waals surface area contributed by atoms with Crippen LogP contribution in [0.4, 0.5) is 18.9 Å². The lowest BCUT2D eigenvalue weighted by Crippen LogP contribution is -2.45. The van der Waals surface area contributed by atoms with Gasteiger partial charge < -0.3 is 14.5 Å². The molecule has 2 aromatic rings. The van der Waals surface area contributed by atoms with Crippen molar-refractivity contribution in [3.05, 3.63) is 52.8 Å². The van der Waals surface area contributed by atoms with E-state index >= 15 is 13.2 Å². The quantitative estimate of drug-likeness (QED) is 0.440. The van der Waals surface area contributed by atoms with Crippen LogP contribution >= 0.6 is 0 Å². The smallest absolute Gasteiger partial charge is 0.270 e. The number of hydrogen-bond acceptors (Lipinski definition) is 6. The maximum absolute atomic E-state index is 15.1. The van der Waals surface area contributed by atoms with Crippen molar-refractivity contribution in [1.29, 1.82) is 0 Å². The van der Waals surface area contributed by atoms with E-state index in [2.05, 4.69) is 0 Å². The molecule has 0 spiro atoms. The minimum Gasteiger partial charge on any atom is -0.493 e. The van der Waals surface area contributed by atoms with Crippen LogP contribution in [0.3, 0.4) is 0 Å². The first-order valence-corrected chi connectivity index (χ1v) is 15.5. The molecule has 2 aromatic carbocycles. The van der Waals surface area contributed by atoms with E-state index in [1.165, 1.54) is 6.07 Å². The van der Waals surface area contributed by atoms with Crippen molar-refractivity contribution in [3.63, 3.8) is 0 Å². The fourth-order valence-electron chi connectivity index (χ4n) is 5.79. The third-order valence-corrected chi connectivity index (χ3v) is 9.66. The highest BCUT2D eigenvalue weighted by Crippen LogP contribution is 2.45. The van der Waals surface area contributed by atoms with Crippen LogP contribution in [0.5, 0.6) is 5.75 Å². The molecule has 1 aliphatic heterocycles. The van der Waals surface area contributed by atoms with Crippen LogP contribution in [0.1, 0.15) is 73.2 Å². The zero-order valence-corrected chi connectivity index (χ0v) is 23.7. The van der Waals surface area contributed by atoms with Gasteiger partial charge in [-0.1, -0.05) is 12.8 Å². The van der Waals surface area contributed by atoms with Crippen LogP contribution in [0.2, 0.25) is 0 Å². The van der Waals surface area contributed by atoms with Gasteiger partial charge in [0.1, 0.15) is 23.2 Å². The van der Waals surface area contributed by atoms with Gasteiger partial charge >= 0.3 is 0 Å². The molecule has 3 fully saturated rings. The molecule has 3 aliphatic rings. The maximum Gasteiger partial charge on any atom is 0.270 e. The van der Waals surface area contributed by atoms with Crippen molar-refractivity contribution in [2.75, 3.05) is 38.7 Å². The number of ether oxygens (including phenoxy) is 1. The van der Waals surface area contributed by atoms with Crippen LogP contribution in [-0.4, -0.2) is 59.1 Å². The molecule has 218 valence electrons. The number of nitrogens with zero attached hydrogens (tertiary/aromatic N) is 2. The van der Waals surface area contributed by atoms with Gasteiger partial charge in [-0.05, 0) is 88.2 Å². The summed E-state index contributed by atoms with van der Waals surface area (Å²) >= 11 is 0. The largest absolute Gasteiger partial charge is 0.493 e. The molecule has 0 aromatic heterocycles. The van der Waals surface area contributed by atoms with Crippen molar-refractivity contribution in [1.82, 2.24) is 9.62 Å². The molecule has 1 unspecified atom stereocenters. The Hall–Kier alpha value is -2.79. The predicted molar refractivity (Wildman–Crippen MR) is 146 cm³/mol. The zero-order chi connectivity index (χ0) is 28.6. The Morgan fingerprint density at radius 3 is 2.27 bits per heavy atom. The molecule has 7 nitrogen and oxygen atoms in total. The summed E-state index contributed by atoms with van der Waals surface area (Å²) in [6.07, 6.45) is 7.86. The lowest BCUT2D eigenvalue weighted by molar-refractivity contribution is 0.0977. The molecule has 2 aliphatic carbocycles. The number of piperidine rings is 1. The lowest BCUT2D eigenvalue weighted by atomic mass is 10.0. The summed E-state index contributed by atoms with van der Waals surface area (Å²) in [4.78, 5) is 15.5. The molecular formula is C29H36F3N3O4S. The Morgan fingerprint density at radius 2 is 1.65 bits per heavy atom. The number of likely N-dealkylation sites (N-methyl/N-ethyl adjacent to an activating group) is 1. The van der Waals surface area contributed by atoms with E-state index in [4.69, 9.17) is 4.74 Å². The highest BCUT2D eigenvalue weighted by molar-refractivity contribution is 7.90. The number of carbonyl (C=O) groups excluding carboxylic acids is 1. The Balaban J connectivity index is 1.35. The number of carbonyl (C=O) groups is 1. The van der Waals surface area contributed by atoms with Gasteiger partial charge in [-0.15, -0.1) is 0 Å². The first-order valence-electron chi connectivity index (χ1n) is 14.0. The van der Waals surface area contributed by atoms with Crippen molar-refractivity contribution >= 4 is 21.6 Å². The first kappa shape index (κ1) is 28.7. The molecule has 1 N–H and O–H groups in total. The van der Waals surface area contributed by atoms with Gasteiger partial charge in [0.05, 0.1) is 12.2 Å². The summed E-state index contributed by atoms with van der Waals surface area (Å²) in [5, 5.41) is 0. The number of hydrogen-bond donors (Lipinski definition) is 1. The third-order valence-electron chi connectivity index (χ3n) is 8.28. The van der Waals surface area contributed by atoms with Crippen LogP contribution in [0.25, 0.3) is 0 Å². The Labute approximate surface area is 233 Å². The zero-order valence-electron chi connectivity index (χ0n) is 22.9. The van der Waals surface area contributed by atoms with Gasteiger partial charge in [0.2, 0.25) is 0 Å². The number of nitrogens with one attached hydrogen (secondary N) is 1. The molecule has 5 rings (SSSR count). The fraction of sp³-hybridized carbons (Fsp3) is 0.552. The van der Waals surface area contributed by atoms with Crippen LogP contribution in [0.15, 0.2) is 29.2 Å². The molecular weight excluding hydrogens is 543 g/mol. The Morgan fingerprint density at radius 1 is 0.975 bits per heavy atom. The summed E-state index contributed by atoms with van der Waals surface area (Å²) in [6, 6.07) is 4.53. The second kappa shape index (κ2) is 11.6. The second-order valence-corrected chi connectivity index (χ2v) is 13.1. The highest BCUT2D eigenvalue weighted by atomic mass is 32.2. The fourth-order valence-corrected chi connectivity index (χ4v) is 6.88. The Kier molecular flexibility index (Phi) is 8.33. The summed E-state index contributed by atoms with van der Waals surface area (Å²) in [7, 11) is -1.12. The summed E-state index contributed by atoms with van der Waals surface area (Å²) in [6.45, 7) is 1.58. The van der Waals surface area contributed by atoms with Crippen LogP contribution < -0.4 is 14.4 Å². The van der Waals surface area contributed by atoms with E-state index < -0.39 is 43.8 Å². The lowest BCUT2D eigenvalue weighted by Gasteiger charge is -2.37. The normalized spacial score (nSPS) is 20.2. The topological polar surface area (TPSA) is 79.0 Å². The number of halogens is 3. The van der Waals surface area contributed by atoms with Crippen molar-refractivity contribution in [2.24, 2.45) is 5.92 Å². The second-order valence-electron chi connectivity index (χ2n) is 11.5. The van der Waals surface area contributed by atoms with Gasteiger partial charge in [0.25, 0.3) is 15.9 Å². The molecule has 0 radical (unpaired) electrons. The molecule has 0 bridgehead atoms. The standard InChI is InChI=1S/C29H36F3N3O4S/c1-34(2)20-8-5-11-35(16-20)21-12-25(31)28(26(32)13-21)40(37,38)33-29(36)23-14-22(19-9-10-19)27(15-24(23)30)39-17-18-6-3-4-7-18/h12-15,18-20H,3-11,16-17H2,1-2H3,(H,33,36). The molecule has 1 saturated heterocycles. The maximum atomic E-state index is 15.1. The van der Waals surface area contributed by atoms with Crippen LogP contribution in [0, 0.1) is 23.4 Å². The Bertz CT molecular complexity index is 1350. The van der Waals surface area contributed by atoms with Gasteiger partial charge in [0, 0.05) is 30.9 Å². The van der Waals surface area contributed by atoms with E-state index in [0.717, 1.165) is 69.6 Å².